The Hall–Kier alpha value is -4.22. The van der Waals surface area contributed by atoms with Crippen molar-refractivity contribution in [1.29, 1.82) is 0 Å². The van der Waals surface area contributed by atoms with Crippen LogP contribution >= 0.6 is 0 Å². The highest BCUT2D eigenvalue weighted by molar-refractivity contribution is 6.00. The molecule has 10 nitrogen and oxygen atoms in total. The highest BCUT2D eigenvalue weighted by Gasteiger charge is 2.43. The van der Waals surface area contributed by atoms with Crippen molar-refractivity contribution in [2.45, 2.75) is 71.3 Å². The second kappa shape index (κ2) is 11.0. The summed E-state index contributed by atoms with van der Waals surface area (Å²) in [6, 6.07) is 8.77. The van der Waals surface area contributed by atoms with Crippen molar-refractivity contribution >= 4 is 34.1 Å². The first kappa shape index (κ1) is 29.5. The Morgan fingerprint density at radius 2 is 1.87 bits per heavy atom. The molecule has 2 amide bonds. The predicted octanol–water partition coefficient (Wildman–Crippen LogP) is 6.07. The lowest BCUT2D eigenvalue weighted by Crippen LogP contribution is -2.52. The minimum atomic E-state index is -3.08. The zero-order valence-electron chi connectivity index (χ0n) is 26.0. The van der Waals surface area contributed by atoms with Crippen LogP contribution in [0.15, 0.2) is 36.5 Å². The molecule has 3 fully saturated rings. The lowest BCUT2D eigenvalue weighted by molar-refractivity contribution is -0.0490. The van der Waals surface area contributed by atoms with E-state index in [0.29, 0.717) is 42.4 Å². The Labute approximate surface area is 259 Å². The number of aryl methyl sites for hydroxylation is 1. The molecule has 45 heavy (non-hydrogen) atoms. The molecule has 2 aliphatic heterocycles. The fourth-order valence-electron chi connectivity index (χ4n) is 6.92. The molecule has 2 atom stereocenters. The zero-order valence-corrected chi connectivity index (χ0v) is 26.0. The molecule has 0 spiro atoms. The van der Waals surface area contributed by atoms with Gasteiger partial charge in [0.15, 0.2) is 11.6 Å². The molecule has 1 saturated carbocycles. The third-order valence-electron chi connectivity index (χ3n) is 9.20. The monoisotopic (exact) mass is 620 g/mol. The maximum absolute atomic E-state index is 13.9. The van der Waals surface area contributed by atoms with E-state index in [0.717, 1.165) is 49.0 Å². The summed E-state index contributed by atoms with van der Waals surface area (Å²) in [4.78, 5) is 39.8. The van der Waals surface area contributed by atoms with Crippen molar-refractivity contribution < 1.29 is 27.8 Å². The molecule has 0 N–H and O–H groups in total. The highest BCUT2D eigenvalue weighted by atomic mass is 19.3. The van der Waals surface area contributed by atoms with Gasteiger partial charge in [-0.2, -0.15) is 8.78 Å². The molecule has 0 unspecified atom stereocenters. The summed E-state index contributed by atoms with van der Waals surface area (Å²) in [6.07, 6.45) is 5.28. The Kier molecular flexibility index (Phi) is 7.20. The van der Waals surface area contributed by atoms with Crippen LogP contribution in [0.25, 0.3) is 33.6 Å². The molecule has 12 heteroatoms. The highest BCUT2D eigenvalue weighted by Crippen LogP contribution is 2.39. The van der Waals surface area contributed by atoms with E-state index in [1.165, 1.54) is 6.07 Å². The number of pyridine rings is 1. The summed E-state index contributed by atoms with van der Waals surface area (Å²) >= 11 is 0. The molecule has 7 rings (SSSR count). The van der Waals surface area contributed by atoms with Gasteiger partial charge in [-0.3, -0.25) is 4.79 Å². The largest absolute Gasteiger partial charge is 0.444 e. The minimum absolute atomic E-state index is 0.110. The van der Waals surface area contributed by atoms with Gasteiger partial charge in [0.2, 0.25) is 0 Å². The number of carbonyl (C=O) groups excluding carboxylic acids is 2. The van der Waals surface area contributed by atoms with E-state index in [1.54, 1.807) is 33.7 Å². The van der Waals surface area contributed by atoms with Crippen molar-refractivity contribution in [2.24, 2.45) is 18.9 Å². The molecule has 0 bridgehead atoms. The first-order valence-electron chi connectivity index (χ1n) is 15.7. The van der Waals surface area contributed by atoms with Crippen LogP contribution in [-0.2, 0) is 18.3 Å². The predicted molar refractivity (Wildman–Crippen MR) is 164 cm³/mol. The van der Waals surface area contributed by atoms with E-state index in [2.05, 4.69) is 9.55 Å². The molecule has 2 saturated heterocycles. The summed E-state index contributed by atoms with van der Waals surface area (Å²) in [5.41, 5.74) is 2.03. The number of imidazole rings is 1. The Balaban J connectivity index is 1.24. The van der Waals surface area contributed by atoms with Crippen LogP contribution in [0.5, 0.6) is 5.75 Å². The molecule has 5 heterocycles. The summed E-state index contributed by atoms with van der Waals surface area (Å²) in [6.45, 7) is 4.62. The summed E-state index contributed by atoms with van der Waals surface area (Å²) < 4.78 is 42.0. The van der Waals surface area contributed by atoms with Gasteiger partial charge in [-0.25, -0.2) is 14.8 Å². The van der Waals surface area contributed by atoms with Gasteiger partial charge in [0, 0.05) is 50.4 Å². The van der Waals surface area contributed by atoms with Gasteiger partial charge in [0.25, 0.3) is 5.91 Å². The molecule has 1 aliphatic carbocycles. The van der Waals surface area contributed by atoms with Crippen LogP contribution in [0.4, 0.5) is 13.6 Å². The van der Waals surface area contributed by atoms with Crippen molar-refractivity contribution in [3.63, 3.8) is 0 Å². The standard InChI is InChI=1S/C33H38F2N6O4/c1-33(2,3)45-32(43)40-13-10-20-9-12-39(18-25(20)40)30(42)22-14-23-27(26(16-22)44-31(34)35)38(4)29(37-23)24-15-21-6-5-11-36-28(21)41(24)17-19-7-8-19/h5-6,11,14-16,19-20,25,31H,7-10,12-13,17-18H2,1-4H3/t20-,25-/m0/s1. The lowest BCUT2D eigenvalue weighted by atomic mass is 9.92. The van der Waals surface area contributed by atoms with Gasteiger partial charge in [-0.05, 0) is 88.6 Å². The topological polar surface area (TPSA) is 94.7 Å². The maximum Gasteiger partial charge on any atom is 0.410 e. The molecule has 238 valence electrons. The van der Waals surface area contributed by atoms with Gasteiger partial charge in [-0.1, -0.05) is 0 Å². The van der Waals surface area contributed by atoms with Crippen LogP contribution in [-0.4, -0.2) is 78.8 Å². The summed E-state index contributed by atoms with van der Waals surface area (Å²) in [5, 5.41) is 0.968. The first-order chi connectivity index (χ1) is 21.5. The van der Waals surface area contributed by atoms with Gasteiger partial charge in [-0.15, -0.1) is 0 Å². The molecule has 3 aliphatic rings. The number of alkyl halides is 2. The van der Waals surface area contributed by atoms with Crippen molar-refractivity contribution in [3.8, 4) is 17.3 Å². The average molecular weight is 621 g/mol. The molecule has 0 radical (unpaired) electrons. The van der Waals surface area contributed by atoms with Gasteiger partial charge in [0.05, 0.1) is 17.3 Å². The number of fused-ring (bicyclic) bond motifs is 3. The number of benzene rings is 1. The number of hydrogen-bond acceptors (Lipinski definition) is 6. The normalized spacial score (nSPS) is 20.3. The fourth-order valence-corrected chi connectivity index (χ4v) is 6.92. The quantitative estimate of drug-likeness (QED) is 0.260. The Bertz CT molecular complexity index is 1790. The summed E-state index contributed by atoms with van der Waals surface area (Å²) in [5.74, 6) is 0.989. The number of hydrogen-bond donors (Lipinski definition) is 0. The number of carbonyl (C=O) groups is 2. The van der Waals surface area contributed by atoms with E-state index in [1.807, 2.05) is 39.0 Å². The number of likely N-dealkylation sites (tertiary alicyclic amines) is 2. The lowest BCUT2D eigenvalue weighted by Gasteiger charge is -2.38. The second-order valence-corrected chi connectivity index (χ2v) is 13.5. The van der Waals surface area contributed by atoms with Crippen molar-refractivity contribution in [2.75, 3.05) is 19.6 Å². The zero-order chi connectivity index (χ0) is 31.6. The molecule has 3 aromatic heterocycles. The number of aromatic nitrogens is 4. The summed E-state index contributed by atoms with van der Waals surface area (Å²) in [7, 11) is 1.77. The maximum atomic E-state index is 13.9. The third-order valence-corrected chi connectivity index (χ3v) is 9.20. The van der Waals surface area contributed by atoms with E-state index in [-0.39, 0.29) is 35.3 Å². The van der Waals surface area contributed by atoms with Gasteiger partial charge in [0.1, 0.15) is 16.8 Å². The van der Waals surface area contributed by atoms with Gasteiger partial charge < -0.3 is 28.4 Å². The first-order valence-corrected chi connectivity index (χ1v) is 15.7. The Morgan fingerprint density at radius 1 is 1.09 bits per heavy atom. The minimum Gasteiger partial charge on any atom is -0.444 e. The number of rotatable bonds is 6. The van der Waals surface area contributed by atoms with Crippen molar-refractivity contribution in [3.05, 3.63) is 42.1 Å². The van der Waals surface area contributed by atoms with Crippen LogP contribution in [0.1, 0.15) is 56.8 Å². The van der Waals surface area contributed by atoms with Crippen LogP contribution in [0.3, 0.4) is 0 Å². The third kappa shape index (κ3) is 5.59. The number of amides is 2. The van der Waals surface area contributed by atoms with E-state index < -0.39 is 12.2 Å². The SMILES string of the molecule is Cn1c(-c2cc3cccnc3n2CC2CC2)nc2cc(C(=O)N3CC[C@H]4CCN(C(=O)OC(C)(C)C)[C@H]4C3)cc(OC(F)F)c21. The average Bonchev–Trinajstić information content (AvgIpc) is 3.44. The van der Waals surface area contributed by atoms with Crippen molar-refractivity contribution in [1.82, 2.24) is 28.9 Å². The van der Waals surface area contributed by atoms with Crippen LogP contribution in [0, 0.1) is 11.8 Å². The molecular weight excluding hydrogens is 582 g/mol. The fraction of sp³-hybridized carbons (Fsp3) is 0.515. The molecular formula is C33H38F2N6O4. The van der Waals surface area contributed by atoms with E-state index in [4.69, 9.17) is 14.5 Å². The van der Waals surface area contributed by atoms with Gasteiger partial charge >= 0.3 is 12.7 Å². The van der Waals surface area contributed by atoms with Crippen LogP contribution < -0.4 is 4.74 Å². The van der Waals surface area contributed by atoms with E-state index >= 15 is 0 Å². The molecule has 1 aromatic carbocycles. The smallest absolute Gasteiger partial charge is 0.410 e. The Morgan fingerprint density at radius 3 is 2.60 bits per heavy atom. The number of ether oxygens (including phenoxy) is 2. The number of halogens is 2. The number of piperidine rings is 1. The number of nitrogens with zero attached hydrogens (tertiary/aromatic N) is 6. The van der Waals surface area contributed by atoms with E-state index in [9.17, 15) is 18.4 Å². The van der Waals surface area contributed by atoms with Crippen LogP contribution in [0.2, 0.25) is 0 Å². The molecule has 4 aromatic rings. The second-order valence-electron chi connectivity index (χ2n) is 13.5.